The second-order valence-electron chi connectivity index (χ2n) is 2.76. The zero-order valence-corrected chi connectivity index (χ0v) is 6.13. The molecule has 1 aliphatic heterocycles. The Hall–Kier alpha value is -0.0800. The summed E-state index contributed by atoms with van der Waals surface area (Å²) in [5, 5.41) is 0. The van der Waals surface area contributed by atoms with Crippen LogP contribution in [0.3, 0.4) is 0 Å². The second kappa shape index (κ2) is 2.67. The lowest BCUT2D eigenvalue weighted by atomic mass is 10.0. The van der Waals surface area contributed by atoms with E-state index < -0.39 is 0 Å². The Morgan fingerprint density at radius 3 is 2.67 bits per heavy atom. The minimum Gasteiger partial charge on any atom is -0.368 e. The highest BCUT2D eigenvalue weighted by Gasteiger charge is 2.40. The molecule has 0 aromatic rings. The van der Waals surface area contributed by atoms with Crippen LogP contribution in [0.1, 0.15) is 20.3 Å². The summed E-state index contributed by atoms with van der Waals surface area (Å²) >= 11 is 0. The number of nitrogens with two attached hydrogens (primary N) is 1. The van der Waals surface area contributed by atoms with Gasteiger partial charge in [0.1, 0.15) is 0 Å². The van der Waals surface area contributed by atoms with Gasteiger partial charge in [0.2, 0.25) is 0 Å². The van der Waals surface area contributed by atoms with Gasteiger partial charge in [-0.1, -0.05) is 20.3 Å². The fourth-order valence-electron chi connectivity index (χ4n) is 1.08. The first-order chi connectivity index (χ1) is 4.29. The number of ether oxygens (including phenoxy) is 1. The Morgan fingerprint density at radius 1 is 1.67 bits per heavy atom. The predicted molar refractivity (Wildman–Crippen MR) is 37.2 cm³/mol. The maximum absolute atomic E-state index is 5.39. The highest BCUT2D eigenvalue weighted by Crippen LogP contribution is 2.29. The first-order valence-corrected chi connectivity index (χ1v) is 3.65. The first kappa shape index (κ1) is 7.03. The molecule has 0 amide bonds. The standard InChI is InChI=1S/C7H15NO/c1-3-5(2)7-6(4-8)9-7/h5-7H,3-4,8H2,1-2H3. The third-order valence-corrected chi connectivity index (χ3v) is 2.06. The van der Waals surface area contributed by atoms with Crippen LogP contribution in [-0.2, 0) is 4.74 Å². The van der Waals surface area contributed by atoms with E-state index in [-0.39, 0.29) is 0 Å². The average Bonchev–Trinajstić information content (AvgIpc) is 2.64. The van der Waals surface area contributed by atoms with E-state index in [9.17, 15) is 0 Å². The largest absolute Gasteiger partial charge is 0.368 e. The predicted octanol–water partition coefficient (Wildman–Crippen LogP) is 0.759. The van der Waals surface area contributed by atoms with Crippen molar-refractivity contribution >= 4 is 0 Å². The number of hydrogen-bond acceptors (Lipinski definition) is 2. The molecule has 3 atom stereocenters. The van der Waals surface area contributed by atoms with Gasteiger partial charge in [0.25, 0.3) is 0 Å². The van der Waals surface area contributed by atoms with Gasteiger partial charge in [0, 0.05) is 6.54 Å². The molecule has 1 saturated heterocycles. The Morgan fingerprint density at radius 2 is 2.33 bits per heavy atom. The monoisotopic (exact) mass is 129 g/mol. The second-order valence-corrected chi connectivity index (χ2v) is 2.76. The van der Waals surface area contributed by atoms with E-state index in [0.29, 0.717) is 24.7 Å². The van der Waals surface area contributed by atoms with Crippen LogP contribution in [0.5, 0.6) is 0 Å². The lowest BCUT2D eigenvalue weighted by molar-refractivity contribution is 0.322. The molecular weight excluding hydrogens is 114 g/mol. The Kier molecular flexibility index (Phi) is 2.09. The van der Waals surface area contributed by atoms with Gasteiger partial charge >= 0.3 is 0 Å². The summed E-state index contributed by atoms with van der Waals surface area (Å²) in [5.41, 5.74) is 5.39. The van der Waals surface area contributed by atoms with Gasteiger partial charge in [-0.05, 0) is 5.92 Å². The molecule has 3 unspecified atom stereocenters. The van der Waals surface area contributed by atoms with Gasteiger partial charge in [0.05, 0.1) is 12.2 Å². The summed E-state index contributed by atoms with van der Waals surface area (Å²) in [6.07, 6.45) is 2.04. The molecule has 54 valence electrons. The van der Waals surface area contributed by atoms with Crippen LogP contribution >= 0.6 is 0 Å². The van der Waals surface area contributed by atoms with E-state index in [1.54, 1.807) is 0 Å². The van der Waals surface area contributed by atoms with Crippen LogP contribution in [0.15, 0.2) is 0 Å². The molecule has 0 aromatic carbocycles. The number of rotatable bonds is 3. The maximum Gasteiger partial charge on any atom is 0.0966 e. The van der Waals surface area contributed by atoms with E-state index in [1.165, 1.54) is 6.42 Å². The highest BCUT2D eigenvalue weighted by molar-refractivity contribution is 4.88. The SMILES string of the molecule is CCC(C)C1OC1CN. The summed E-state index contributed by atoms with van der Waals surface area (Å²) < 4.78 is 5.29. The third kappa shape index (κ3) is 1.43. The molecular formula is C7H15NO. The minimum atomic E-state index is 0.375. The van der Waals surface area contributed by atoms with Gasteiger partial charge < -0.3 is 10.5 Å². The van der Waals surface area contributed by atoms with E-state index in [0.717, 1.165) is 0 Å². The molecule has 9 heavy (non-hydrogen) atoms. The van der Waals surface area contributed by atoms with Crippen LogP contribution in [0, 0.1) is 5.92 Å². The average molecular weight is 129 g/mol. The van der Waals surface area contributed by atoms with E-state index in [4.69, 9.17) is 10.5 Å². The fraction of sp³-hybridized carbons (Fsp3) is 1.00. The molecule has 1 aliphatic rings. The topological polar surface area (TPSA) is 38.5 Å². The number of hydrogen-bond donors (Lipinski definition) is 1. The van der Waals surface area contributed by atoms with Gasteiger partial charge in [-0.2, -0.15) is 0 Å². The van der Waals surface area contributed by atoms with Crippen LogP contribution in [0.4, 0.5) is 0 Å². The zero-order valence-electron chi connectivity index (χ0n) is 6.13. The fourth-order valence-corrected chi connectivity index (χ4v) is 1.08. The summed E-state index contributed by atoms with van der Waals surface area (Å²) in [4.78, 5) is 0. The van der Waals surface area contributed by atoms with Crippen LogP contribution in [0.2, 0.25) is 0 Å². The van der Waals surface area contributed by atoms with E-state index in [2.05, 4.69) is 13.8 Å². The first-order valence-electron chi connectivity index (χ1n) is 3.65. The van der Waals surface area contributed by atoms with Gasteiger partial charge in [0.15, 0.2) is 0 Å². The minimum absolute atomic E-state index is 0.375. The van der Waals surface area contributed by atoms with Crippen molar-refractivity contribution < 1.29 is 4.74 Å². The molecule has 0 spiro atoms. The van der Waals surface area contributed by atoms with Crippen molar-refractivity contribution in [3.05, 3.63) is 0 Å². The number of epoxide rings is 1. The van der Waals surface area contributed by atoms with Crippen LogP contribution in [0.25, 0.3) is 0 Å². The molecule has 2 heteroatoms. The van der Waals surface area contributed by atoms with Crippen molar-refractivity contribution in [1.29, 1.82) is 0 Å². The molecule has 1 rings (SSSR count). The lowest BCUT2D eigenvalue weighted by Gasteiger charge is -2.00. The van der Waals surface area contributed by atoms with Crippen LogP contribution in [-0.4, -0.2) is 18.8 Å². The molecule has 0 aromatic heterocycles. The molecule has 2 N–H and O–H groups in total. The molecule has 0 radical (unpaired) electrons. The normalized spacial score (nSPS) is 36.3. The molecule has 0 aliphatic carbocycles. The molecule has 1 heterocycles. The Bertz CT molecular complexity index is 94.9. The van der Waals surface area contributed by atoms with Crippen LogP contribution < -0.4 is 5.73 Å². The molecule has 1 fully saturated rings. The Balaban J connectivity index is 2.17. The van der Waals surface area contributed by atoms with Crippen molar-refractivity contribution in [2.75, 3.05) is 6.54 Å². The van der Waals surface area contributed by atoms with Gasteiger partial charge in [-0.3, -0.25) is 0 Å². The van der Waals surface area contributed by atoms with Crippen molar-refractivity contribution in [3.8, 4) is 0 Å². The quantitative estimate of drug-likeness (QED) is 0.571. The van der Waals surface area contributed by atoms with Gasteiger partial charge in [-0.15, -0.1) is 0 Å². The lowest BCUT2D eigenvalue weighted by Crippen LogP contribution is -2.13. The van der Waals surface area contributed by atoms with E-state index >= 15 is 0 Å². The summed E-state index contributed by atoms with van der Waals surface area (Å²) in [7, 11) is 0. The summed E-state index contributed by atoms with van der Waals surface area (Å²) in [6, 6.07) is 0. The highest BCUT2D eigenvalue weighted by atomic mass is 16.6. The molecule has 2 nitrogen and oxygen atoms in total. The van der Waals surface area contributed by atoms with Crippen molar-refractivity contribution in [2.45, 2.75) is 32.5 Å². The third-order valence-electron chi connectivity index (χ3n) is 2.06. The van der Waals surface area contributed by atoms with Crippen molar-refractivity contribution in [3.63, 3.8) is 0 Å². The smallest absolute Gasteiger partial charge is 0.0966 e. The van der Waals surface area contributed by atoms with E-state index in [1.807, 2.05) is 0 Å². The molecule has 0 saturated carbocycles. The zero-order chi connectivity index (χ0) is 6.85. The molecule has 0 bridgehead atoms. The maximum atomic E-state index is 5.39. The van der Waals surface area contributed by atoms with Crippen molar-refractivity contribution in [1.82, 2.24) is 0 Å². The summed E-state index contributed by atoms with van der Waals surface area (Å²) in [5.74, 6) is 0.693. The van der Waals surface area contributed by atoms with Crippen molar-refractivity contribution in [2.24, 2.45) is 11.7 Å². The Labute approximate surface area is 56.4 Å². The summed E-state index contributed by atoms with van der Waals surface area (Å²) in [6.45, 7) is 5.08. The van der Waals surface area contributed by atoms with Gasteiger partial charge in [-0.25, -0.2) is 0 Å².